The molecule has 102 valence electrons. The van der Waals surface area contributed by atoms with Gasteiger partial charge in [0.1, 0.15) is 0 Å². The fourth-order valence-electron chi connectivity index (χ4n) is 1.69. The molecule has 0 aliphatic heterocycles. The molecule has 0 spiro atoms. The van der Waals surface area contributed by atoms with E-state index in [2.05, 4.69) is 28.5 Å². The zero-order chi connectivity index (χ0) is 13.7. The molecule has 1 heterocycles. The van der Waals surface area contributed by atoms with Gasteiger partial charge in [0.05, 0.1) is 5.75 Å². The Hall–Kier alpha value is -1.56. The number of hydrogen-bond donors (Lipinski definition) is 1. The number of benzene rings is 1. The summed E-state index contributed by atoms with van der Waals surface area (Å²) >= 11 is 1.73. The van der Waals surface area contributed by atoms with Crippen LogP contribution in [0.25, 0.3) is 0 Å². The Balaban J connectivity index is 1.98. The summed E-state index contributed by atoms with van der Waals surface area (Å²) in [6.07, 6.45) is 2.24. The summed E-state index contributed by atoms with van der Waals surface area (Å²) in [7, 11) is 0. The standard InChI is InChI=1S/C13H19N5S/c1-3-4-7-18-13(15-16-17-18)9-19-11-5-6-12(14)10(2)8-11/h5-6,8H,3-4,7,9,14H2,1-2H3. The van der Waals surface area contributed by atoms with Crippen molar-refractivity contribution in [1.82, 2.24) is 20.2 Å². The number of nitrogens with two attached hydrogens (primary N) is 1. The first-order valence-corrected chi connectivity index (χ1v) is 7.43. The van der Waals surface area contributed by atoms with Crippen LogP contribution < -0.4 is 5.73 Å². The summed E-state index contributed by atoms with van der Waals surface area (Å²) in [5.41, 5.74) is 7.75. The number of unbranched alkanes of at least 4 members (excludes halogenated alkanes) is 1. The molecular formula is C13H19N5S. The van der Waals surface area contributed by atoms with Crippen molar-refractivity contribution in [3.63, 3.8) is 0 Å². The number of nitrogen functional groups attached to an aromatic ring is 1. The highest BCUT2D eigenvalue weighted by molar-refractivity contribution is 7.98. The lowest BCUT2D eigenvalue weighted by molar-refractivity contribution is 0.540. The Morgan fingerprint density at radius 3 is 2.95 bits per heavy atom. The van der Waals surface area contributed by atoms with Gasteiger partial charge in [0.15, 0.2) is 5.82 Å². The average Bonchev–Trinajstić information content (AvgIpc) is 2.85. The Labute approximate surface area is 117 Å². The molecule has 0 saturated carbocycles. The fourth-order valence-corrected chi connectivity index (χ4v) is 2.62. The van der Waals surface area contributed by atoms with Crippen LogP contribution in [-0.2, 0) is 12.3 Å². The maximum Gasteiger partial charge on any atom is 0.161 e. The van der Waals surface area contributed by atoms with E-state index in [4.69, 9.17) is 5.73 Å². The van der Waals surface area contributed by atoms with Crippen LogP contribution in [0.4, 0.5) is 5.69 Å². The van der Waals surface area contributed by atoms with Crippen molar-refractivity contribution in [2.24, 2.45) is 0 Å². The molecule has 5 nitrogen and oxygen atoms in total. The zero-order valence-corrected chi connectivity index (χ0v) is 12.2. The number of anilines is 1. The molecule has 0 bridgehead atoms. The van der Waals surface area contributed by atoms with Crippen molar-refractivity contribution in [2.45, 2.75) is 43.9 Å². The molecule has 0 saturated heterocycles. The van der Waals surface area contributed by atoms with Gasteiger partial charge in [-0.3, -0.25) is 0 Å². The number of aryl methyl sites for hydroxylation is 2. The van der Waals surface area contributed by atoms with Gasteiger partial charge in [0.2, 0.25) is 0 Å². The Kier molecular flexibility index (Phi) is 4.79. The first kappa shape index (κ1) is 13.9. The zero-order valence-electron chi connectivity index (χ0n) is 11.3. The minimum atomic E-state index is 0.778. The summed E-state index contributed by atoms with van der Waals surface area (Å²) in [5.74, 6) is 1.70. The molecule has 6 heteroatoms. The Bertz CT molecular complexity index is 538. The first-order chi connectivity index (χ1) is 9.20. The number of hydrogen-bond acceptors (Lipinski definition) is 5. The van der Waals surface area contributed by atoms with Gasteiger partial charge in [-0.1, -0.05) is 13.3 Å². The van der Waals surface area contributed by atoms with E-state index in [0.29, 0.717) is 0 Å². The molecule has 19 heavy (non-hydrogen) atoms. The van der Waals surface area contributed by atoms with Crippen LogP contribution in [0.2, 0.25) is 0 Å². The molecule has 2 rings (SSSR count). The molecule has 1 aromatic heterocycles. The molecular weight excluding hydrogens is 258 g/mol. The van der Waals surface area contributed by atoms with Crippen LogP contribution in [0.3, 0.4) is 0 Å². The van der Waals surface area contributed by atoms with E-state index >= 15 is 0 Å². The van der Waals surface area contributed by atoms with Gasteiger partial charge in [-0.15, -0.1) is 16.9 Å². The smallest absolute Gasteiger partial charge is 0.161 e. The van der Waals surface area contributed by atoms with E-state index in [1.807, 2.05) is 23.7 Å². The summed E-state index contributed by atoms with van der Waals surface area (Å²) in [6, 6.07) is 6.07. The van der Waals surface area contributed by atoms with Crippen LogP contribution in [0, 0.1) is 6.92 Å². The monoisotopic (exact) mass is 277 g/mol. The fraction of sp³-hybridized carbons (Fsp3) is 0.462. The van der Waals surface area contributed by atoms with Crippen LogP contribution in [0.1, 0.15) is 31.2 Å². The summed E-state index contributed by atoms with van der Waals surface area (Å²) in [4.78, 5) is 1.19. The maximum atomic E-state index is 5.81. The molecule has 0 aliphatic carbocycles. The minimum Gasteiger partial charge on any atom is -0.399 e. The van der Waals surface area contributed by atoms with Gasteiger partial charge < -0.3 is 5.73 Å². The molecule has 2 N–H and O–H groups in total. The van der Waals surface area contributed by atoms with E-state index in [-0.39, 0.29) is 0 Å². The third kappa shape index (κ3) is 3.70. The molecule has 2 aromatic rings. The highest BCUT2D eigenvalue weighted by atomic mass is 32.2. The lowest BCUT2D eigenvalue weighted by Crippen LogP contribution is -2.04. The number of aromatic nitrogens is 4. The third-order valence-corrected chi connectivity index (χ3v) is 3.93. The van der Waals surface area contributed by atoms with E-state index in [1.165, 1.54) is 4.90 Å². The van der Waals surface area contributed by atoms with Gasteiger partial charge >= 0.3 is 0 Å². The van der Waals surface area contributed by atoms with Gasteiger partial charge in [0, 0.05) is 17.1 Å². The predicted octanol–water partition coefficient (Wildman–Crippen LogP) is 2.66. The minimum absolute atomic E-state index is 0.778. The van der Waals surface area contributed by atoms with Gasteiger partial charge in [-0.05, 0) is 47.5 Å². The predicted molar refractivity (Wildman–Crippen MR) is 77.9 cm³/mol. The summed E-state index contributed by atoms with van der Waals surface area (Å²) < 4.78 is 1.89. The normalized spacial score (nSPS) is 10.8. The van der Waals surface area contributed by atoms with Crippen molar-refractivity contribution in [1.29, 1.82) is 0 Å². The van der Waals surface area contributed by atoms with Crippen LogP contribution in [0.15, 0.2) is 23.1 Å². The van der Waals surface area contributed by atoms with Crippen molar-refractivity contribution < 1.29 is 0 Å². The Morgan fingerprint density at radius 1 is 1.37 bits per heavy atom. The van der Waals surface area contributed by atoms with Crippen molar-refractivity contribution in [2.75, 3.05) is 5.73 Å². The highest BCUT2D eigenvalue weighted by Crippen LogP contribution is 2.24. The van der Waals surface area contributed by atoms with Gasteiger partial charge in [-0.2, -0.15) is 0 Å². The van der Waals surface area contributed by atoms with Gasteiger partial charge in [0.25, 0.3) is 0 Å². The summed E-state index contributed by atoms with van der Waals surface area (Å²) in [5, 5.41) is 11.8. The quantitative estimate of drug-likeness (QED) is 0.649. The number of tetrazole rings is 1. The van der Waals surface area contributed by atoms with Crippen molar-refractivity contribution >= 4 is 17.4 Å². The van der Waals surface area contributed by atoms with E-state index in [0.717, 1.165) is 42.2 Å². The second-order valence-corrected chi connectivity index (χ2v) is 5.53. The number of thioether (sulfide) groups is 1. The van der Waals surface area contributed by atoms with E-state index in [1.54, 1.807) is 11.8 Å². The summed E-state index contributed by atoms with van der Waals surface area (Å²) in [6.45, 7) is 5.07. The molecule has 0 aliphatic rings. The topological polar surface area (TPSA) is 69.6 Å². The molecule has 0 amide bonds. The molecule has 0 radical (unpaired) electrons. The largest absolute Gasteiger partial charge is 0.399 e. The number of rotatable bonds is 6. The lowest BCUT2D eigenvalue weighted by Gasteiger charge is -2.05. The van der Waals surface area contributed by atoms with E-state index < -0.39 is 0 Å². The van der Waals surface area contributed by atoms with Crippen molar-refractivity contribution in [3.8, 4) is 0 Å². The first-order valence-electron chi connectivity index (χ1n) is 6.44. The van der Waals surface area contributed by atoms with Crippen LogP contribution >= 0.6 is 11.8 Å². The maximum absolute atomic E-state index is 5.81. The average molecular weight is 277 g/mol. The molecule has 0 unspecified atom stereocenters. The lowest BCUT2D eigenvalue weighted by atomic mass is 10.2. The molecule has 0 atom stereocenters. The molecule has 0 fully saturated rings. The highest BCUT2D eigenvalue weighted by Gasteiger charge is 2.06. The van der Waals surface area contributed by atoms with Gasteiger partial charge in [-0.25, -0.2) is 4.68 Å². The van der Waals surface area contributed by atoms with Crippen LogP contribution in [-0.4, -0.2) is 20.2 Å². The second-order valence-electron chi connectivity index (χ2n) is 4.48. The SMILES string of the molecule is CCCCn1nnnc1CSc1ccc(N)c(C)c1. The second kappa shape index (κ2) is 6.56. The number of nitrogens with zero attached hydrogens (tertiary/aromatic N) is 4. The van der Waals surface area contributed by atoms with Crippen molar-refractivity contribution in [3.05, 3.63) is 29.6 Å². The van der Waals surface area contributed by atoms with E-state index in [9.17, 15) is 0 Å². The molecule has 1 aromatic carbocycles. The van der Waals surface area contributed by atoms with Crippen LogP contribution in [0.5, 0.6) is 0 Å². The Morgan fingerprint density at radius 2 is 2.21 bits per heavy atom. The third-order valence-electron chi connectivity index (χ3n) is 2.94.